The monoisotopic (exact) mass is 455 g/mol. The van der Waals surface area contributed by atoms with Crippen molar-refractivity contribution in [2.24, 2.45) is 0 Å². The molecule has 0 N–H and O–H groups in total. The van der Waals surface area contributed by atoms with E-state index in [2.05, 4.69) is 21.0 Å². The van der Waals surface area contributed by atoms with Gasteiger partial charge in [0.25, 0.3) is 0 Å². The van der Waals surface area contributed by atoms with E-state index in [9.17, 15) is 4.79 Å². The lowest BCUT2D eigenvalue weighted by Gasteiger charge is -2.28. The molecule has 4 heteroatoms. The van der Waals surface area contributed by atoms with Crippen LogP contribution in [0.25, 0.3) is 0 Å². The Bertz CT molecular complexity index is 491. The van der Waals surface area contributed by atoms with E-state index in [0.717, 1.165) is 6.54 Å². The van der Waals surface area contributed by atoms with Gasteiger partial charge in [0, 0.05) is 0 Å². The van der Waals surface area contributed by atoms with Crippen molar-refractivity contribution in [3.05, 3.63) is 30.3 Å². The highest BCUT2D eigenvalue weighted by atomic mass is 79.9. The highest BCUT2D eigenvalue weighted by molar-refractivity contribution is 5.73. The fourth-order valence-corrected chi connectivity index (χ4v) is 3.46. The standard InChI is InChI=1S/C24H42NO2.BrH/c1-4-5-6-7-8-9-10-11-12-13-14-18-21-25(2,3)22-24(26)27-23-19-16-15-17-20-23;/h15-17,19-20H,4-14,18,21-22H2,1-3H3;1H/q+1;/p-1. The summed E-state index contributed by atoms with van der Waals surface area (Å²) in [7, 11) is 4.23. The molecule has 0 aliphatic heterocycles. The number of para-hydroxylation sites is 1. The van der Waals surface area contributed by atoms with Crippen molar-refractivity contribution in [1.82, 2.24) is 0 Å². The summed E-state index contributed by atoms with van der Waals surface area (Å²) in [4.78, 5) is 12.1. The van der Waals surface area contributed by atoms with Crippen molar-refractivity contribution < 1.29 is 31.0 Å². The first-order chi connectivity index (χ1) is 13.0. The van der Waals surface area contributed by atoms with Crippen molar-refractivity contribution in [1.29, 1.82) is 0 Å². The Balaban J connectivity index is 0.00000729. The molecule has 0 spiro atoms. The van der Waals surface area contributed by atoms with Crippen LogP contribution in [0.5, 0.6) is 5.75 Å². The number of rotatable bonds is 16. The number of unbranched alkanes of at least 4 members (excludes halogenated alkanes) is 11. The van der Waals surface area contributed by atoms with Crippen LogP contribution < -0.4 is 21.7 Å². The van der Waals surface area contributed by atoms with E-state index in [4.69, 9.17) is 4.74 Å². The van der Waals surface area contributed by atoms with Crippen LogP contribution in [0.15, 0.2) is 30.3 Å². The minimum atomic E-state index is -0.148. The lowest BCUT2D eigenvalue weighted by molar-refractivity contribution is -0.883. The van der Waals surface area contributed by atoms with Crippen LogP contribution in [-0.4, -0.2) is 37.6 Å². The first-order valence-corrected chi connectivity index (χ1v) is 11.1. The zero-order valence-electron chi connectivity index (χ0n) is 18.4. The molecule has 0 saturated carbocycles. The number of quaternary nitrogens is 1. The highest BCUT2D eigenvalue weighted by Crippen LogP contribution is 2.13. The van der Waals surface area contributed by atoms with Crippen LogP contribution in [0.3, 0.4) is 0 Å². The van der Waals surface area contributed by atoms with Crippen molar-refractivity contribution in [2.45, 2.75) is 84.0 Å². The van der Waals surface area contributed by atoms with Gasteiger partial charge in [-0.25, -0.2) is 4.79 Å². The predicted molar refractivity (Wildman–Crippen MR) is 115 cm³/mol. The van der Waals surface area contributed by atoms with E-state index in [1.54, 1.807) is 0 Å². The maximum atomic E-state index is 12.1. The summed E-state index contributed by atoms with van der Waals surface area (Å²) in [5, 5.41) is 0. The Morgan fingerprint density at radius 3 is 1.75 bits per heavy atom. The molecule has 0 aromatic heterocycles. The van der Waals surface area contributed by atoms with E-state index in [-0.39, 0.29) is 23.0 Å². The second-order valence-corrected chi connectivity index (χ2v) is 8.49. The van der Waals surface area contributed by atoms with E-state index < -0.39 is 0 Å². The number of hydrogen-bond acceptors (Lipinski definition) is 2. The average molecular weight is 457 g/mol. The van der Waals surface area contributed by atoms with Gasteiger partial charge in [0.1, 0.15) is 5.75 Å². The molecule has 0 bridgehead atoms. The van der Waals surface area contributed by atoms with Crippen molar-refractivity contribution in [2.75, 3.05) is 27.2 Å². The van der Waals surface area contributed by atoms with E-state index in [0.29, 0.717) is 16.8 Å². The molecular weight excluding hydrogens is 414 g/mol. The summed E-state index contributed by atoms with van der Waals surface area (Å²) >= 11 is 0. The number of carbonyl (C=O) groups excluding carboxylic acids is 1. The van der Waals surface area contributed by atoms with Crippen LogP contribution in [0.1, 0.15) is 84.0 Å². The molecule has 162 valence electrons. The summed E-state index contributed by atoms with van der Waals surface area (Å²) in [6.07, 6.45) is 16.3. The van der Waals surface area contributed by atoms with Crippen molar-refractivity contribution in [3.63, 3.8) is 0 Å². The Kier molecular flexibility index (Phi) is 16.5. The predicted octanol–water partition coefficient (Wildman–Crippen LogP) is 3.37. The molecular formula is C24H42BrNO2. The molecule has 28 heavy (non-hydrogen) atoms. The average Bonchev–Trinajstić information content (AvgIpc) is 2.63. The Morgan fingerprint density at radius 1 is 0.786 bits per heavy atom. The molecule has 0 atom stereocenters. The molecule has 3 nitrogen and oxygen atoms in total. The molecule has 1 rings (SSSR count). The van der Waals surface area contributed by atoms with Gasteiger partial charge in [-0.2, -0.15) is 0 Å². The number of likely N-dealkylation sites (N-methyl/N-ethyl adjacent to an activating group) is 1. The van der Waals surface area contributed by atoms with E-state index >= 15 is 0 Å². The number of ether oxygens (including phenoxy) is 1. The van der Waals surface area contributed by atoms with Gasteiger partial charge < -0.3 is 26.2 Å². The minimum absolute atomic E-state index is 0. The van der Waals surface area contributed by atoms with Gasteiger partial charge in [0.15, 0.2) is 6.54 Å². The van der Waals surface area contributed by atoms with Gasteiger partial charge in [-0.15, -0.1) is 0 Å². The van der Waals surface area contributed by atoms with Crippen molar-refractivity contribution in [3.8, 4) is 5.75 Å². The topological polar surface area (TPSA) is 26.3 Å². The molecule has 0 fully saturated rings. The summed E-state index contributed by atoms with van der Waals surface area (Å²) in [6.45, 7) is 3.73. The van der Waals surface area contributed by atoms with E-state index in [1.807, 2.05) is 30.3 Å². The summed E-state index contributed by atoms with van der Waals surface area (Å²) in [5.74, 6) is 0.484. The summed E-state index contributed by atoms with van der Waals surface area (Å²) < 4.78 is 6.11. The summed E-state index contributed by atoms with van der Waals surface area (Å²) in [6, 6.07) is 9.33. The van der Waals surface area contributed by atoms with Crippen LogP contribution in [0, 0.1) is 0 Å². The van der Waals surface area contributed by atoms with E-state index in [1.165, 1.54) is 77.0 Å². The minimum Gasteiger partial charge on any atom is -1.00 e. The number of halogens is 1. The fourth-order valence-electron chi connectivity index (χ4n) is 3.46. The number of benzene rings is 1. The van der Waals surface area contributed by atoms with Crippen molar-refractivity contribution >= 4 is 5.97 Å². The fraction of sp³-hybridized carbons (Fsp3) is 0.708. The van der Waals surface area contributed by atoms with Gasteiger partial charge in [-0.1, -0.05) is 89.3 Å². The van der Waals surface area contributed by atoms with Gasteiger partial charge in [-0.3, -0.25) is 0 Å². The molecule has 0 aliphatic carbocycles. The first-order valence-electron chi connectivity index (χ1n) is 11.1. The second kappa shape index (κ2) is 17.0. The lowest BCUT2D eigenvalue weighted by atomic mass is 10.1. The normalized spacial score (nSPS) is 11.1. The number of hydrogen-bond donors (Lipinski definition) is 0. The molecule has 0 unspecified atom stereocenters. The quantitative estimate of drug-likeness (QED) is 0.165. The van der Waals surface area contributed by atoms with Crippen LogP contribution >= 0.6 is 0 Å². The molecule has 0 aliphatic rings. The third-order valence-corrected chi connectivity index (χ3v) is 5.15. The lowest BCUT2D eigenvalue weighted by Crippen LogP contribution is -3.00. The number of esters is 1. The Hall–Kier alpha value is -0.870. The molecule has 0 saturated heterocycles. The molecule has 0 radical (unpaired) electrons. The third-order valence-electron chi connectivity index (χ3n) is 5.15. The van der Waals surface area contributed by atoms with Crippen LogP contribution in [0.2, 0.25) is 0 Å². The van der Waals surface area contributed by atoms with Crippen LogP contribution in [-0.2, 0) is 4.79 Å². The highest BCUT2D eigenvalue weighted by Gasteiger charge is 2.21. The largest absolute Gasteiger partial charge is 1.00 e. The maximum absolute atomic E-state index is 12.1. The zero-order valence-corrected chi connectivity index (χ0v) is 20.0. The van der Waals surface area contributed by atoms with Gasteiger partial charge in [0.05, 0.1) is 20.6 Å². The SMILES string of the molecule is CCCCCCCCCCCCCC[N+](C)(C)CC(=O)Oc1ccccc1.[Br-]. The van der Waals surface area contributed by atoms with Crippen LogP contribution in [0.4, 0.5) is 0 Å². The van der Waals surface area contributed by atoms with Gasteiger partial charge >= 0.3 is 5.97 Å². The Labute approximate surface area is 184 Å². The van der Waals surface area contributed by atoms with Gasteiger partial charge in [-0.05, 0) is 25.0 Å². The zero-order chi connectivity index (χ0) is 19.8. The third kappa shape index (κ3) is 15.1. The number of carbonyl (C=O) groups is 1. The molecule has 1 aromatic carbocycles. The molecule has 0 amide bonds. The maximum Gasteiger partial charge on any atom is 0.367 e. The Morgan fingerprint density at radius 2 is 1.25 bits per heavy atom. The molecule has 0 heterocycles. The van der Waals surface area contributed by atoms with Gasteiger partial charge in [0.2, 0.25) is 0 Å². The number of nitrogens with zero attached hydrogens (tertiary/aromatic N) is 1. The second-order valence-electron chi connectivity index (χ2n) is 8.49. The molecule has 1 aromatic rings. The summed E-state index contributed by atoms with van der Waals surface area (Å²) in [5.41, 5.74) is 0. The smallest absolute Gasteiger partial charge is 0.367 e. The first kappa shape index (κ1) is 27.1.